The van der Waals surface area contributed by atoms with E-state index < -0.39 is 0 Å². The number of nitrogens with zero attached hydrogens (tertiary/aromatic N) is 2. The minimum Gasteiger partial charge on any atom is -0.387 e. The number of carbonyl (C=O) groups is 1. The summed E-state index contributed by atoms with van der Waals surface area (Å²) in [4.78, 5) is 17.3. The van der Waals surface area contributed by atoms with Crippen LogP contribution < -0.4 is 5.73 Å². The van der Waals surface area contributed by atoms with Gasteiger partial charge < -0.3 is 10.6 Å². The zero-order valence-electron chi connectivity index (χ0n) is 8.29. The number of hydrogen-bond acceptors (Lipinski definition) is 2. The highest BCUT2D eigenvalue weighted by atomic mass is 16.2. The van der Waals surface area contributed by atoms with E-state index in [1.54, 1.807) is 11.9 Å². The van der Waals surface area contributed by atoms with Crippen molar-refractivity contribution in [3.05, 3.63) is 0 Å². The van der Waals surface area contributed by atoms with E-state index in [-0.39, 0.29) is 11.9 Å². The molecule has 13 heavy (non-hydrogen) atoms. The molecule has 4 heteroatoms. The summed E-state index contributed by atoms with van der Waals surface area (Å²) in [5, 5.41) is 0. The van der Waals surface area contributed by atoms with E-state index in [1.807, 2.05) is 6.92 Å². The van der Waals surface area contributed by atoms with E-state index in [4.69, 9.17) is 5.73 Å². The molecule has 0 spiro atoms. The summed E-state index contributed by atoms with van der Waals surface area (Å²) in [6.45, 7) is 2.84. The molecule has 0 bridgehead atoms. The van der Waals surface area contributed by atoms with Gasteiger partial charge in [-0.1, -0.05) is 6.92 Å². The third kappa shape index (κ3) is 2.44. The molecule has 1 fully saturated rings. The van der Waals surface area contributed by atoms with Crippen LogP contribution in [0.4, 0.5) is 0 Å². The quantitative estimate of drug-likeness (QED) is 0.508. The van der Waals surface area contributed by atoms with Gasteiger partial charge in [0.15, 0.2) is 0 Å². The summed E-state index contributed by atoms with van der Waals surface area (Å²) in [5.41, 5.74) is 5.65. The number of amidine groups is 1. The van der Waals surface area contributed by atoms with Crippen LogP contribution in [0.1, 0.15) is 26.2 Å². The summed E-state index contributed by atoms with van der Waals surface area (Å²) in [5.74, 6) is 0.704. The van der Waals surface area contributed by atoms with Crippen LogP contribution in [0, 0.1) is 0 Å². The summed E-state index contributed by atoms with van der Waals surface area (Å²) in [6.07, 6.45) is 2.57. The number of likely N-dealkylation sites (tertiary alicyclic amines) is 1. The van der Waals surface area contributed by atoms with Gasteiger partial charge in [-0.2, -0.15) is 0 Å². The van der Waals surface area contributed by atoms with Crippen molar-refractivity contribution in [1.82, 2.24) is 4.90 Å². The third-order valence-corrected chi connectivity index (χ3v) is 2.23. The Morgan fingerprint density at radius 1 is 1.77 bits per heavy atom. The minimum absolute atomic E-state index is 0.0963. The number of likely N-dealkylation sites (N-methyl/N-ethyl adjacent to an activating group) is 1. The van der Waals surface area contributed by atoms with Gasteiger partial charge in [0.2, 0.25) is 5.91 Å². The van der Waals surface area contributed by atoms with Crippen molar-refractivity contribution < 1.29 is 4.79 Å². The van der Waals surface area contributed by atoms with Crippen LogP contribution in [-0.2, 0) is 4.79 Å². The molecular weight excluding hydrogens is 166 g/mol. The lowest BCUT2D eigenvalue weighted by molar-refractivity contribution is -0.127. The van der Waals surface area contributed by atoms with E-state index in [0.717, 1.165) is 25.8 Å². The first kappa shape index (κ1) is 10.0. The Balaban J connectivity index is 2.54. The molecule has 0 radical (unpaired) electrons. The Morgan fingerprint density at radius 2 is 2.46 bits per heavy atom. The smallest absolute Gasteiger partial charge is 0.247 e. The van der Waals surface area contributed by atoms with Gasteiger partial charge >= 0.3 is 0 Å². The maximum atomic E-state index is 11.4. The molecule has 1 atom stereocenters. The Kier molecular flexibility index (Phi) is 3.28. The number of carbonyl (C=O) groups excluding carboxylic acids is 1. The molecule has 74 valence electrons. The molecule has 2 N–H and O–H groups in total. The average Bonchev–Trinajstić information content (AvgIpc) is 2.37. The lowest BCUT2D eigenvalue weighted by Crippen LogP contribution is -2.26. The molecule has 1 aliphatic rings. The molecule has 0 aliphatic carbocycles. The van der Waals surface area contributed by atoms with Crippen molar-refractivity contribution in [1.29, 1.82) is 0 Å². The summed E-state index contributed by atoms with van der Waals surface area (Å²) < 4.78 is 0. The zero-order valence-corrected chi connectivity index (χ0v) is 8.29. The van der Waals surface area contributed by atoms with Crippen LogP contribution in [0.25, 0.3) is 0 Å². The van der Waals surface area contributed by atoms with Gasteiger partial charge in [0.25, 0.3) is 0 Å². The molecule has 1 aliphatic heterocycles. The number of hydrogen-bond donors (Lipinski definition) is 1. The van der Waals surface area contributed by atoms with Crippen LogP contribution in [0.15, 0.2) is 4.99 Å². The van der Waals surface area contributed by atoms with Gasteiger partial charge in [0.05, 0.1) is 5.84 Å². The van der Waals surface area contributed by atoms with Gasteiger partial charge in [0, 0.05) is 20.0 Å². The Labute approximate surface area is 78.8 Å². The fourth-order valence-electron chi connectivity index (χ4n) is 1.44. The Bertz CT molecular complexity index is 225. The second-order valence-corrected chi connectivity index (χ2v) is 3.43. The Hall–Kier alpha value is -1.06. The number of rotatable bonds is 3. The molecule has 1 saturated heterocycles. The first-order valence-corrected chi connectivity index (χ1v) is 4.72. The standard InChI is InChI=1S/C9H17N3O/c1-3-4-8(10)11-7-5-6-12(2)9(7)13/h7H,3-6H2,1-2H3,(H2,10,11). The predicted octanol–water partition coefficient (Wildman–Crippen LogP) is 0.374. The average molecular weight is 183 g/mol. The number of amides is 1. The van der Waals surface area contributed by atoms with E-state index in [0.29, 0.717) is 5.84 Å². The first-order chi connectivity index (χ1) is 6.15. The lowest BCUT2D eigenvalue weighted by Gasteiger charge is -2.07. The highest BCUT2D eigenvalue weighted by Gasteiger charge is 2.28. The molecule has 1 heterocycles. The number of nitrogens with two attached hydrogens (primary N) is 1. The van der Waals surface area contributed by atoms with Crippen molar-refractivity contribution >= 4 is 11.7 Å². The highest BCUT2D eigenvalue weighted by molar-refractivity contribution is 5.88. The monoisotopic (exact) mass is 183 g/mol. The van der Waals surface area contributed by atoms with Crippen molar-refractivity contribution in [2.45, 2.75) is 32.2 Å². The fourth-order valence-corrected chi connectivity index (χ4v) is 1.44. The summed E-state index contributed by atoms with van der Waals surface area (Å²) in [6, 6.07) is -0.212. The number of aliphatic imine (C=N–C) groups is 1. The maximum absolute atomic E-state index is 11.4. The van der Waals surface area contributed by atoms with Gasteiger partial charge in [-0.15, -0.1) is 0 Å². The topological polar surface area (TPSA) is 58.7 Å². The van der Waals surface area contributed by atoms with Crippen molar-refractivity contribution in [3.8, 4) is 0 Å². The van der Waals surface area contributed by atoms with Crippen LogP contribution in [0.5, 0.6) is 0 Å². The van der Waals surface area contributed by atoms with E-state index in [2.05, 4.69) is 4.99 Å². The largest absolute Gasteiger partial charge is 0.387 e. The van der Waals surface area contributed by atoms with Gasteiger partial charge in [0.1, 0.15) is 6.04 Å². The molecule has 1 rings (SSSR count). The normalized spacial score (nSPS) is 24.2. The maximum Gasteiger partial charge on any atom is 0.247 e. The molecule has 1 unspecified atom stereocenters. The van der Waals surface area contributed by atoms with Gasteiger partial charge in [-0.25, -0.2) is 0 Å². The molecule has 0 aromatic carbocycles. The van der Waals surface area contributed by atoms with E-state index >= 15 is 0 Å². The first-order valence-electron chi connectivity index (χ1n) is 4.72. The fraction of sp³-hybridized carbons (Fsp3) is 0.778. The SMILES string of the molecule is CCCC(N)=NC1CCN(C)C1=O. The van der Waals surface area contributed by atoms with Crippen LogP contribution in [0.2, 0.25) is 0 Å². The zero-order chi connectivity index (χ0) is 9.84. The third-order valence-electron chi connectivity index (χ3n) is 2.23. The van der Waals surface area contributed by atoms with E-state index in [9.17, 15) is 4.79 Å². The van der Waals surface area contributed by atoms with Crippen molar-refractivity contribution in [3.63, 3.8) is 0 Å². The van der Waals surface area contributed by atoms with E-state index in [1.165, 1.54) is 0 Å². The Morgan fingerprint density at radius 3 is 2.92 bits per heavy atom. The molecule has 0 saturated carbocycles. The molecule has 4 nitrogen and oxygen atoms in total. The lowest BCUT2D eigenvalue weighted by atomic mass is 10.2. The van der Waals surface area contributed by atoms with Crippen LogP contribution in [0.3, 0.4) is 0 Å². The minimum atomic E-state index is -0.212. The second kappa shape index (κ2) is 4.25. The second-order valence-electron chi connectivity index (χ2n) is 3.43. The molecule has 0 aromatic rings. The van der Waals surface area contributed by atoms with Gasteiger partial charge in [-0.05, 0) is 12.8 Å². The molecule has 1 amide bonds. The predicted molar refractivity (Wildman–Crippen MR) is 52.6 cm³/mol. The van der Waals surface area contributed by atoms with Crippen molar-refractivity contribution in [2.24, 2.45) is 10.7 Å². The summed E-state index contributed by atoms with van der Waals surface area (Å²) in [7, 11) is 1.80. The highest BCUT2D eigenvalue weighted by Crippen LogP contribution is 2.12. The van der Waals surface area contributed by atoms with Gasteiger partial charge in [-0.3, -0.25) is 9.79 Å². The molecular formula is C9H17N3O. The molecule has 0 aromatic heterocycles. The van der Waals surface area contributed by atoms with Crippen molar-refractivity contribution in [2.75, 3.05) is 13.6 Å². The van der Waals surface area contributed by atoms with Crippen LogP contribution in [-0.4, -0.2) is 36.3 Å². The summed E-state index contributed by atoms with van der Waals surface area (Å²) >= 11 is 0. The van der Waals surface area contributed by atoms with Crippen LogP contribution >= 0.6 is 0 Å².